The summed E-state index contributed by atoms with van der Waals surface area (Å²) in [4.78, 5) is 0. The van der Waals surface area contributed by atoms with Crippen molar-refractivity contribution in [3.05, 3.63) is 138 Å². The standard InChI is InChI=1S/C36H33O2P/c1-37-31-23-30(24-32(25-31)38-2)35-21-26-13-17-28(35)18-14-27-16-20-29(19-15-26)36(22-27)39(33-9-5-3-6-10-33)34-11-7-4-8-12-34/h3-13,16-17,20-25H,14-15,18-19H2,1-2H3. The van der Waals surface area contributed by atoms with Crippen LogP contribution in [0.5, 0.6) is 11.5 Å². The van der Waals surface area contributed by atoms with Crippen molar-refractivity contribution in [3.63, 3.8) is 0 Å². The third-order valence-electron chi connectivity index (χ3n) is 7.62. The van der Waals surface area contributed by atoms with Gasteiger partial charge in [-0.2, -0.15) is 0 Å². The first-order valence-corrected chi connectivity index (χ1v) is 14.9. The second kappa shape index (κ2) is 11.5. The van der Waals surface area contributed by atoms with E-state index < -0.39 is 7.92 Å². The third-order valence-corrected chi connectivity index (χ3v) is 10.1. The quantitative estimate of drug-likeness (QED) is 0.221. The van der Waals surface area contributed by atoms with Gasteiger partial charge in [0, 0.05) is 6.07 Å². The van der Waals surface area contributed by atoms with Crippen LogP contribution in [0.25, 0.3) is 11.1 Å². The molecule has 4 aliphatic rings. The number of ether oxygens (including phenoxy) is 2. The molecule has 0 N–H and O–H groups in total. The Bertz CT molecular complexity index is 1520. The molecule has 0 aliphatic heterocycles. The van der Waals surface area contributed by atoms with Crippen LogP contribution in [-0.2, 0) is 25.7 Å². The predicted molar refractivity (Wildman–Crippen MR) is 165 cm³/mol. The largest absolute Gasteiger partial charge is 0.497 e. The van der Waals surface area contributed by atoms with Crippen molar-refractivity contribution in [2.75, 3.05) is 14.2 Å². The van der Waals surface area contributed by atoms with Crippen LogP contribution >= 0.6 is 7.92 Å². The third kappa shape index (κ3) is 5.49. The molecular weight excluding hydrogens is 495 g/mol. The van der Waals surface area contributed by atoms with Gasteiger partial charge in [-0.15, -0.1) is 0 Å². The van der Waals surface area contributed by atoms with E-state index in [1.807, 2.05) is 6.07 Å². The van der Waals surface area contributed by atoms with E-state index in [2.05, 4.69) is 109 Å². The maximum atomic E-state index is 5.59. The number of rotatable bonds is 6. The second-order valence-corrected chi connectivity index (χ2v) is 12.2. The van der Waals surface area contributed by atoms with Gasteiger partial charge in [0.1, 0.15) is 11.5 Å². The molecule has 2 nitrogen and oxygen atoms in total. The summed E-state index contributed by atoms with van der Waals surface area (Å²) in [5, 5.41) is 4.30. The van der Waals surface area contributed by atoms with Gasteiger partial charge in [-0.05, 0) is 95.0 Å². The van der Waals surface area contributed by atoms with Gasteiger partial charge >= 0.3 is 0 Å². The summed E-state index contributed by atoms with van der Waals surface area (Å²) >= 11 is 0. The molecule has 0 saturated carbocycles. The van der Waals surface area contributed by atoms with Crippen molar-refractivity contribution < 1.29 is 9.47 Å². The van der Waals surface area contributed by atoms with Crippen molar-refractivity contribution in [1.29, 1.82) is 0 Å². The summed E-state index contributed by atoms with van der Waals surface area (Å²) < 4.78 is 11.2. The summed E-state index contributed by atoms with van der Waals surface area (Å²) in [5.74, 6) is 1.63. The van der Waals surface area contributed by atoms with E-state index in [4.69, 9.17) is 9.47 Å². The Morgan fingerprint density at radius 2 is 1.05 bits per heavy atom. The first-order chi connectivity index (χ1) is 19.2. The van der Waals surface area contributed by atoms with E-state index in [-0.39, 0.29) is 0 Å². The molecule has 5 aromatic rings. The van der Waals surface area contributed by atoms with Crippen LogP contribution in [0.15, 0.2) is 115 Å². The molecule has 0 fully saturated rings. The van der Waals surface area contributed by atoms with E-state index in [0.29, 0.717) is 0 Å². The smallest absolute Gasteiger partial charge is 0.123 e. The molecular formula is C36H33O2P. The highest BCUT2D eigenvalue weighted by molar-refractivity contribution is 7.79. The molecule has 3 heteroatoms. The highest BCUT2D eigenvalue weighted by Gasteiger charge is 2.21. The minimum atomic E-state index is -0.637. The van der Waals surface area contributed by atoms with Crippen molar-refractivity contribution in [2.45, 2.75) is 25.7 Å². The molecule has 0 heterocycles. The first kappa shape index (κ1) is 25.4. The Morgan fingerprint density at radius 3 is 1.64 bits per heavy atom. The van der Waals surface area contributed by atoms with Gasteiger partial charge in [0.15, 0.2) is 0 Å². The minimum absolute atomic E-state index is 0.637. The molecule has 0 amide bonds. The van der Waals surface area contributed by atoms with Crippen molar-refractivity contribution in [1.82, 2.24) is 0 Å². The molecule has 194 valence electrons. The topological polar surface area (TPSA) is 18.5 Å². The number of methoxy groups -OCH3 is 2. The van der Waals surface area contributed by atoms with Gasteiger partial charge in [-0.1, -0.05) is 97.1 Å². The van der Waals surface area contributed by atoms with Crippen molar-refractivity contribution >= 4 is 23.8 Å². The lowest BCUT2D eigenvalue weighted by Crippen LogP contribution is -2.24. The average Bonchev–Trinajstić information content (AvgIpc) is 2.99. The molecule has 0 radical (unpaired) electrons. The zero-order chi connectivity index (χ0) is 26.6. The zero-order valence-electron chi connectivity index (χ0n) is 22.6. The fourth-order valence-corrected chi connectivity index (χ4v) is 8.12. The fourth-order valence-electron chi connectivity index (χ4n) is 5.55. The van der Waals surface area contributed by atoms with Crippen LogP contribution in [-0.4, -0.2) is 14.2 Å². The van der Waals surface area contributed by atoms with E-state index >= 15 is 0 Å². The molecule has 0 aromatic heterocycles. The fraction of sp³-hybridized carbons (Fsp3) is 0.167. The summed E-state index contributed by atoms with van der Waals surface area (Å²) in [5.41, 5.74) is 7.98. The molecule has 39 heavy (non-hydrogen) atoms. The number of hydrogen-bond donors (Lipinski definition) is 0. The maximum Gasteiger partial charge on any atom is 0.123 e. The second-order valence-electron chi connectivity index (χ2n) is 10.1. The molecule has 0 atom stereocenters. The molecule has 9 rings (SSSR count). The molecule has 4 bridgehead atoms. The van der Waals surface area contributed by atoms with Gasteiger partial charge in [0.2, 0.25) is 0 Å². The highest BCUT2D eigenvalue weighted by Crippen LogP contribution is 2.37. The van der Waals surface area contributed by atoms with Crippen LogP contribution in [0.1, 0.15) is 22.3 Å². The molecule has 4 aliphatic carbocycles. The van der Waals surface area contributed by atoms with Crippen LogP contribution in [0.4, 0.5) is 0 Å². The van der Waals surface area contributed by atoms with Crippen LogP contribution in [0.3, 0.4) is 0 Å². The summed E-state index contributed by atoms with van der Waals surface area (Å²) in [7, 11) is 2.78. The lowest BCUT2D eigenvalue weighted by Gasteiger charge is -2.24. The van der Waals surface area contributed by atoms with E-state index in [9.17, 15) is 0 Å². The van der Waals surface area contributed by atoms with Crippen LogP contribution in [0.2, 0.25) is 0 Å². The van der Waals surface area contributed by atoms with Gasteiger partial charge < -0.3 is 9.47 Å². The molecule has 0 saturated heterocycles. The van der Waals surface area contributed by atoms with Crippen LogP contribution in [0, 0.1) is 0 Å². The normalized spacial score (nSPS) is 12.7. The highest BCUT2D eigenvalue weighted by atomic mass is 31.1. The van der Waals surface area contributed by atoms with Crippen molar-refractivity contribution in [3.8, 4) is 22.6 Å². The Morgan fingerprint density at radius 1 is 0.513 bits per heavy atom. The first-order valence-electron chi connectivity index (χ1n) is 13.6. The van der Waals surface area contributed by atoms with E-state index in [1.54, 1.807) is 14.2 Å². The summed E-state index contributed by atoms with van der Waals surface area (Å²) in [6, 6.07) is 42.6. The SMILES string of the molecule is COc1cc(OC)cc(-c2cc3ccc2CCc2ccc(c(P(c4ccccc4)c4ccccc4)c2)CC3)c1. The molecule has 0 unspecified atom stereocenters. The minimum Gasteiger partial charge on any atom is -0.497 e. The lowest BCUT2D eigenvalue weighted by atomic mass is 9.90. The lowest BCUT2D eigenvalue weighted by molar-refractivity contribution is 0.394. The maximum absolute atomic E-state index is 5.59. The number of benzene rings is 5. The Labute approximate surface area is 233 Å². The Hall–Kier alpha value is -3.87. The molecule has 5 aromatic carbocycles. The summed E-state index contributed by atoms with van der Waals surface area (Å²) in [6.07, 6.45) is 3.97. The van der Waals surface area contributed by atoms with Crippen molar-refractivity contribution in [2.24, 2.45) is 0 Å². The Balaban J connectivity index is 1.42. The molecule has 0 spiro atoms. The van der Waals surface area contributed by atoms with Gasteiger partial charge in [-0.3, -0.25) is 0 Å². The summed E-state index contributed by atoms with van der Waals surface area (Å²) in [6.45, 7) is 0. The van der Waals surface area contributed by atoms with Gasteiger partial charge in [0.05, 0.1) is 14.2 Å². The zero-order valence-corrected chi connectivity index (χ0v) is 23.5. The van der Waals surface area contributed by atoms with Crippen LogP contribution < -0.4 is 25.4 Å². The average molecular weight is 529 g/mol. The number of hydrogen-bond acceptors (Lipinski definition) is 2. The monoisotopic (exact) mass is 528 g/mol. The predicted octanol–water partition coefficient (Wildman–Crippen LogP) is 7.01. The van der Waals surface area contributed by atoms with Gasteiger partial charge in [0.25, 0.3) is 0 Å². The van der Waals surface area contributed by atoms with Gasteiger partial charge in [-0.25, -0.2) is 0 Å². The van der Waals surface area contributed by atoms with E-state index in [1.165, 1.54) is 43.7 Å². The van der Waals surface area contributed by atoms with E-state index in [0.717, 1.165) is 42.7 Å². The number of aryl methyl sites for hydroxylation is 4. The Kier molecular flexibility index (Phi) is 7.48.